The summed E-state index contributed by atoms with van der Waals surface area (Å²) in [7, 11) is 0. The summed E-state index contributed by atoms with van der Waals surface area (Å²) in [6, 6.07) is 13.8. The van der Waals surface area contributed by atoms with Crippen molar-refractivity contribution < 1.29 is 14.3 Å². The molecule has 2 aromatic rings. The molecule has 0 saturated carbocycles. The van der Waals surface area contributed by atoms with E-state index in [1.54, 1.807) is 0 Å². The maximum Gasteiger partial charge on any atom is 0.263 e. The molecule has 0 unspecified atom stereocenters. The van der Waals surface area contributed by atoms with Gasteiger partial charge >= 0.3 is 0 Å². The van der Waals surface area contributed by atoms with E-state index >= 15 is 0 Å². The minimum Gasteiger partial charge on any atom is -0.493 e. The van der Waals surface area contributed by atoms with Crippen molar-refractivity contribution in [2.75, 3.05) is 13.2 Å². The lowest BCUT2D eigenvalue weighted by Gasteiger charge is -2.11. The molecule has 140 valence electrons. The molecule has 27 heavy (non-hydrogen) atoms. The molecule has 1 aliphatic heterocycles. The van der Waals surface area contributed by atoms with Crippen LogP contribution in [0, 0.1) is 13.8 Å². The zero-order chi connectivity index (χ0) is 19.2. The van der Waals surface area contributed by atoms with Crippen molar-refractivity contribution in [3.8, 4) is 11.5 Å². The third kappa shape index (κ3) is 5.58. The average Bonchev–Trinajstić information content (AvgIpc) is 2.95. The standard InChI is InChI=1S/C21H21NO3S2/c1-14-7-8-15(2)18(11-14)25-10-4-9-24-17-6-3-5-16(12-17)13-19-20(23)22-21(26)27-19/h3,5-8,11-13H,4,9-10H2,1-2H3,(H,22,23,26)/b19-13-. The molecule has 1 amide bonds. The van der Waals surface area contributed by atoms with Gasteiger partial charge in [-0.15, -0.1) is 0 Å². The molecule has 2 aromatic carbocycles. The Balaban J connectivity index is 1.49. The van der Waals surface area contributed by atoms with Crippen LogP contribution < -0.4 is 14.8 Å². The third-order valence-electron chi connectivity index (χ3n) is 3.96. The highest BCUT2D eigenvalue weighted by molar-refractivity contribution is 8.26. The van der Waals surface area contributed by atoms with Crippen LogP contribution in [0.15, 0.2) is 47.4 Å². The second-order valence-corrected chi connectivity index (χ2v) is 7.96. The lowest BCUT2D eigenvalue weighted by molar-refractivity contribution is -0.115. The van der Waals surface area contributed by atoms with Crippen LogP contribution in [0.4, 0.5) is 0 Å². The first-order valence-corrected chi connectivity index (χ1v) is 9.91. The van der Waals surface area contributed by atoms with Gasteiger partial charge in [-0.3, -0.25) is 4.79 Å². The van der Waals surface area contributed by atoms with Gasteiger partial charge in [0.1, 0.15) is 15.8 Å². The van der Waals surface area contributed by atoms with E-state index in [0.717, 1.165) is 29.0 Å². The van der Waals surface area contributed by atoms with Crippen molar-refractivity contribution in [2.24, 2.45) is 0 Å². The smallest absolute Gasteiger partial charge is 0.263 e. The van der Waals surface area contributed by atoms with Gasteiger partial charge in [-0.25, -0.2) is 0 Å². The zero-order valence-electron chi connectivity index (χ0n) is 15.3. The van der Waals surface area contributed by atoms with E-state index in [2.05, 4.69) is 30.4 Å². The SMILES string of the molecule is Cc1ccc(C)c(OCCCOc2cccc(/C=C3\SC(=S)NC3=O)c2)c1. The van der Waals surface area contributed by atoms with E-state index in [-0.39, 0.29) is 5.91 Å². The molecule has 0 aliphatic carbocycles. The maximum absolute atomic E-state index is 11.7. The van der Waals surface area contributed by atoms with Crippen LogP contribution in [-0.4, -0.2) is 23.4 Å². The van der Waals surface area contributed by atoms with Gasteiger partial charge in [-0.2, -0.15) is 0 Å². The zero-order valence-corrected chi connectivity index (χ0v) is 16.9. The van der Waals surface area contributed by atoms with Gasteiger partial charge in [-0.1, -0.05) is 48.2 Å². The molecule has 3 rings (SSSR count). The van der Waals surface area contributed by atoms with E-state index in [9.17, 15) is 4.79 Å². The highest BCUT2D eigenvalue weighted by Crippen LogP contribution is 2.27. The van der Waals surface area contributed by atoms with Crippen molar-refractivity contribution >= 4 is 40.3 Å². The number of nitrogens with one attached hydrogen (secondary N) is 1. The number of aryl methyl sites for hydroxylation is 2. The van der Waals surface area contributed by atoms with Crippen molar-refractivity contribution in [1.29, 1.82) is 0 Å². The molecule has 1 saturated heterocycles. The molecule has 1 heterocycles. The number of hydrogen-bond donors (Lipinski definition) is 1. The Bertz CT molecular complexity index is 893. The van der Waals surface area contributed by atoms with Gasteiger partial charge < -0.3 is 14.8 Å². The van der Waals surface area contributed by atoms with E-state index in [4.69, 9.17) is 21.7 Å². The average molecular weight is 400 g/mol. The van der Waals surface area contributed by atoms with Gasteiger partial charge in [0.2, 0.25) is 0 Å². The van der Waals surface area contributed by atoms with Crippen LogP contribution in [0.25, 0.3) is 6.08 Å². The van der Waals surface area contributed by atoms with Gasteiger partial charge in [0.15, 0.2) is 0 Å². The number of rotatable bonds is 7. The highest BCUT2D eigenvalue weighted by atomic mass is 32.2. The third-order valence-corrected chi connectivity index (χ3v) is 5.12. The molecule has 0 spiro atoms. The first-order chi connectivity index (χ1) is 13.0. The second kappa shape index (κ2) is 9.06. The van der Waals surface area contributed by atoms with Gasteiger partial charge in [0.05, 0.1) is 18.1 Å². The number of hydrogen-bond acceptors (Lipinski definition) is 5. The fraction of sp³-hybridized carbons (Fsp3) is 0.238. The molecule has 0 radical (unpaired) electrons. The van der Waals surface area contributed by atoms with Crippen LogP contribution >= 0.6 is 24.0 Å². The summed E-state index contributed by atoms with van der Waals surface area (Å²) in [5.41, 5.74) is 3.23. The Kier molecular flexibility index (Phi) is 6.53. The summed E-state index contributed by atoms with van der Waals surface area (Å²) in [4.78, 5) is 12.3. The van der Waals surface area contributed by atoms with Gasteiger partial charge in [0.25, 0.3) is 5.91 Å². The largest absolute Gasteiger partial charge is 0.493 e. The maximum atomic E-state index is 11.7. The van der Waals surface area contributed by atoms with Crippen LogP contribution in [0.3, 0.4) is 0 Å². The first kappa shape index (κ1) is 19.5. The quantitative estimate of drug-likeness (QED) is 0.418. The minimum atomic E-state index is -0.153. The number of ether oxygens (including phenoxy) is 2. The summed E-state index contributed by atoms with van der Waals surface area (Å²) < 4.78 is 12.1. The van der Waals surface area contributed by atoms with Crippen LogP contribution in [0.5, 0.6) is 11.5 Å². The minimum absolute atomic E-state index is 0.153. The number of amides is 1. The highest BCUT2D eigenvalue weighted by Gasteiger charge is 2.21. The van der Waals surface area contributed by atoms with E-state index in [0.29, 0.717) is 22.4 Å². The number of benzene rings is 2. The molecular weight excluding hydrogens is 378 g/mol. The summed E-state index contributed by atoms with van der Waals surface area (Å²) in [6.45, 7) is 5.26. The predicted molar refractivity (Wildman–Crippen MR) is 114 cm³/mol. The first-order valence-electron chi connectivity index (χ1n) is 8.69. The Labute approximate surface area is 168 Å². The molecule has 0 bridgehead atoms. The van der Waals surface area contributed by atoms with Crippen LogP contribution in [0.1, 0.15) is 23.1 Å². The lowest BCUT2D eigenvalue weighted by atomic mass is 10.1. The Morgan fingerprint density at radius 3 is 2.70 bits per heavy atom. The van der Waals surface area contributed by atoms with Crippen LogP contribution in [-0.2, 0) is 4.79 Å². The normalized spacial score (nSPS) is 15.1. The van der Waals surface area contributed by atoms with Crippen LogP contribution in [0.2, 0.25) is 0 Å². The van der Waals surface area contributed by atoms with Crippen molar-refractivity contribution in [3.05, 3.63) is 64.1 Å². The molecule has 4 nitrogen and oxygen atoms in total. The Hall–Kier alpha value is -2.31. The lowest BCUT2D eigenvalue weighted by Crippen LogP contribution is -2.17. The molecule has 0 atom stereocenters. The summed E-state index contributed by atoms with van der Waals surface area (Å²) in [6.07, 6.45) is 2.60. The van der Waals surface area contributed by atoms with Crippen molar-refractivity contribution in [1.82, 2.24) is 5.32 Å². The number of thiocarbonyl (C=S) groups is 1. The monoisotopic (exact) mass is 399 g/mol. The number of carbonyl (C=O) groups is 1. The van der Waals surface area contributed by atoms with E-state index in [1.807, 2.05) is 37.3 Å². The molecule has 1 aliphatic rings. The van der Waals surface area contributed by atoms with Crippen molar-refractivity contribution in [2.45, 2.75) is 20.3 Å². The fourth-order valence-corrected chi connectivity index (χ4v) is 3.60. The molecule has 1 N–H and O–H groups in total. The van der Waals surface area contributed by atoms with E-state index < -0.39 is 0 Å². The fourth-order valence-electron chi connectivity index (χ4n) is 2.56. The Morgan fingerprint density at radius 1 is 1.11 bits per heavy atom. The van der Waals surface area contributed by atoms with Crippen molar-refractivity contribution in [3.63, 3.8) is 0 Å². The predicted octanol–water partition coefficient (Wildman–Crippen LogP) is 4.64. The Morgan fingerprint density at radius 2 is 1.93 bits per heavy atom. The molecular formula is C21H21NO3S2. The topological polar surface area (TPSA) is 47.6 Å². The van der Waals surface area contributed by atoms with Gasteiger partial charge in [0, 0.05) is 6.42 Å². The van der Waals surface area contributed by atoms with E-state index in [1.165, 1.54) is 17.3 Å². The second-order valence-electron chi connectivity index (χ2n) is 6.24. The summed E-state index contributed by atoms with van der Waals surface area (Å²) in [5, 5.41) is 2.61. The summed E-state index contributed by atoms with van der Waals surface area (Å²) >= 11 is 6.27. The molecule has 1 fully saturated rings. The molecule has 6 heteroatoms. The number of thioether (sulfide) groups is 1. The summed E-state index contributed by atoms with van der Waals surface area (Å²) in [5.74, 6) is 1.54. The number of carbonyl (C=O) groups excluding carboxylic acids is 1. The molecule has 0 aromatic heterocycles. The van der Waals surface area contributed by atoms with Gasteiger partial charge in [-0.05, 0) is 54.8 Å².